The molecular formula is C17H31NO3. The normalized spacial score (nSPS) is 18.1. The van der Waals surface area contributed by atoms with Gasteiger partial charge in [0.05, 0.1) is 0 Å². The fourth-order valence-corrected chi connectivity index (χ4v) is 3.01. The number of rotatable bonds is 11. The fourth-order valence-electron chi connectivity index (χ4n) is 3.01. The summed E-state index contributed by atoms with van der Waals surface area (Å²) >= 11 is 0. The highest BCUT2D eigenvalue weighted by molar-refractivity contribution is 5.76. The predicted octanol–water partition coefficient (Wildman–Crippen LogP) is 3.84. The van der Waals surface area contributed by atoms with Gasteiger partial charge in [0, 0.05) is 25.9 Å². The van der Waals surface area contributed by atoms with Crippen LogP contribution in [0.2, 0.25) is 0 Å². The first-order valence-corrected chi connectivity index (χ1v) is 8.63. The average Bonchev–Trinajstić information content (AvgIpc) is 2.93. The molecule has 0 radical (unpaired) electrons. The number of amides is 1. The Morgan fingerprint density at radius 3 is 2.38 bits per heavy atom. The van der Waals surface area contributed by atoms with Crippen molar-refractivity contribution in [3.05, 3.63) is 0 Å². The molecule has 1 unspecified atom stereocenters. The van der Waals surface area contributed by atoms with Crippen LogP contribution in [0.25, 0.3) is 0 Å². The first-order chi connectivity index (χ1) is 10.1. The highest BCUT2D eigenvalue weighted by atomic mass is 16.4. The number of carbonyl (C=O) groups is 2. The third-order valence-corrected chi connectivity index (χ3v) is 4.40. The summed E-state index contributed by atoms with van der Waals surface area (Å²) in [5, 5.41) is 8.69. The van der Waals surface area contributed by atoms with E-state index in [1.54, 1.807) is 0 Å². The molecule has 1 N–H and O–H groups in total. The molecule has 0 saturated carbocycles. The summed E-state index contributed by atoms with van der Waals surface area (Å²) in [7, 11) is 0. The molecule has 1 heterocycles. The minimum absolute atomic E-state index is 0.227. The number of carboxylic acids is 1. The van der Waals surface area contributed by atoms with Gasteiger partial charge in [-0.25, -0.2) is 0 Å². The molecule has 1 aliphatic heterocycles. The summed E-state index contributed by atoms with van der Waals surface area (Å²) in [6.07, 6.45) is 11.2. The zero-order valence-corrected chi connectivity index (χ0v) is 13.5. The van der Waals surface area contributed by atoms with Gasteiger partial charge in [-0.15, -0.1) is 0 Å². The van der Waals surface area contributed by atoms with Gasteiger partial charge in [0.2, 0.25) is 5.91 Å². The van der Waals surface area contributed by atoms with Crippen molar-refractivity contribution in [3.63, 3.8) is 0 Å². The van der Waals surface area contributed by atoms with E-state index in [0.717, 1.165) is 32.4 Å². The molecule has 21 heavy (non-hydrogen) atoms. The van der Waals surface area contributed by atoms with E-state index in [0.29, 0.717) is 18.8 Å². The molecule has 0 aromatic heterocycles. The molecular weight excluding hydrogens is 266 g/mol. The zero-order valence-electron chi connectivity index (χ0n) is 13.5. The van der Waals surface area contributed by atoms with Crippen LogP contribution < -0.4 is 0 Å². The van der Waals surface area contributed by atoms with E-state index in [2.05, 4.69) is 6.92 Å². The van der Waals surface area contributed by atoms with Gasteiger partial charge in [-0.1, -0.05) is 45.4 Å². The van der Waals surface area contributed by atoms with Gasteiger partial charge < -0.3 is 10.0 Å². The van der Waals surface area contributed by atoms with E-state index in [-0.39, 0.29) is 12.3 Å². The first kappa shape index (κ1) is 18.0. The first-order valence-electron chi connectivity index (χ1n) is 8.63. The van der Waals surface area contributed by atoms with E-state index >= 15 is 0 Å². The van der Waals surface area contributed by atoms with E-state index in [1.165, 1.54) is 32.1 Å². The summed E-state index contributed by atoms with van der Waals surface area (Å²) in [6.45, 7) is 3.81. The van der Waals surface area contributed by atoms with Crippen molar-refractivity contribution >= 4 is 11.9 Å². The molecule has 1 atom stereocenters. The van der Waals surface area contributed by atoms with Crippen LogP contribution in [-0.2, 0) is 9.59 Å². The van der Waals surface area contributed by atoms with E-state index in [4.69, 9.17) is 5.11 Å². The van der Waals surface area contributed by atoms with Gasteiger partial charge in [0.1, 0.15) is 0 Å². The lowest BCUT2D eigenvalue weighted by Crippen LogP contribution is -2.28. The van der Waals surface area contributed by atoms with Crippen LogP contribution in [0.1, 0.15) is 77.6 Å². The van der Waals surface area contributed by atoms with Gasteiger partial charge in [0.15, 0.2) is 0 Å². The molecule has 1 amide bonds. The van der Waals surface area contributed by atoms with Crippen LogP contribution in [0.3, 0.4) is 0 Å². The van der Waals surface area contributed by atoms with Gasteiger partial charge in [0.25, 0.3) is 0 Å². The molecule has 1 aliphatic rings. The van der Waals surface area contributed by atoms with Crippen LogP contribution in [0, 0.1) is 5.92 Å². The summed E-state index contributed by atoms with van der Waals surface area (Å²) < 4.78 is 0. The van der Waals surface area contributed by atoms with Gasteiger partial charge in [-0.3, -0.25) is 9.59 Å². The lowest BCUT2D eigenvalue weighted by atomic mass is 10.0. The highest BCUT2D eigenvalue weighted by Gasteiger charge is 2.25. The second kappa shape index (κ2) is 10.6. The molecule has 0 aromatic carbocycles. The van der Waals surface area contributed by atoms with E-state index < -0.39 is 5.97 Å². The number of unbranched alkanes of at least 4 members (excludes halogenated alkanes) is 6. The van der Waals surface area contributed by atoms with Crippen LogP contribution >= 0.6 is 0 Å². The fraction of sp³-hybridized carbons (Fsp3) is 0.882. The molecule has 4 heteroatoms. The lowest BCUT2D eigenvalue weighted by molar-refractivity contribution is -0.137. The summed E-state index contributed by atoms with van der Waals surface area (Å²) in [5.74, 6) is -0.0803. The quantitative estimate of drug-likeness (QED) is 0.589. The Morgan fingerprint density at radius 2 is 1.71 bits per heavy atom. The molecule has 0 bridgehead atoms. The lowest BCUT2D eigenvalue weighted by Gasteiger charge is -2.16. The number of hydrogen-bond donors (Lipinski definition) is 1. The smallest absolute Gasteiger partial charge is 0.303 e. The maximum atomic E-state index is 12.1. The Hall–Kier alpha value is -1.06. The van der Waals surface area contributed by atoms with Gasteiger partial charge in [-0.2, -0.15) is 0 Å². The molecule has 122 valence electrons. The number of likely N-dealkylation sites (tertiary alicyclic amines) is 1. The third-order valence-electron chi connectivity index (χ3n) is 4.40. The molecule has 0 spiro atoms. The highest BCUT2D eigenvalue weighted by Crippen LogP contribution is 2.22. The van der Waals surface area contributed by atoms with Crippen molar-refractivity contribution in [3.8, 4) is 0 Å². The van der Waals surface area contributed by atoms with Crippen molar-refractivity contribution in [2.45, 2.75) is 77.6 Å². The van der Waals surface area contributed by atoms with Gasteiger partial charge >= 0.3 is 5.97 Å². The summed E-state index contributed by atoms with van der Waals surface area (Å²) in [4.78, 5) is 24.6. The average molecular weight is 297 g/mol. The maximum absolute atomic E-state index is 12.1. The third kappa shape index (κ3) is 8.08. The van der Waals surface area contributed by atoms with Crippen molar-refractivity contribution < 1.29 is 14.7 Å². The minimum atomic E-state index is -0.733. The standard InChI is InChI=1S/C17H31NO3/c1-2-3-4-5-6-7-8-9-16(19)18-13-12-15(14-18)10-11-17(20)21/h15H,2-14H2,1H3,(H,20,21). The molecule has 0 aliphatic carbocycles. The minimum Gasteiger partial charge on any atom is -0.481 e. The van der Waals surface area contributed by atoms with E-state index in [1.807, 2.05) is 4.90 Å². The Kier molecular flexibility index (Phi) is 9.11. The number of hydrogen-bond acceptors (Lipinski definition) is 2. The Morgan fingerprint density at radius 1 is 1.05 bits per heavy atom. The Balaban J connectivity index is 2.04. The number of nitrogens with zero attached hydrogens (tertiary/aromatic N) is 1. The second-order valence-corrected chi connectivity index (χ2v) is 6.30. The van der Waals surface area contributed by atoms with Crippen LogP contribution in [-0.4, -0.2) is 35.0 Å². The van der Waals surface area contributed by atoms with E-state index in [9.17, 15) is 9.59 Å². The molecule has 1 saturated heterocycles. The van der Waals surface area contributed by atoms with Crippen LogP contribution in [0.5, 0.6) is 0 Å². The predicted molar refractivity (Wildman–Crippen MR) is 84.2 cm³/mol. The zero-order chi connectivity index (χ0) is 15.5. The summed E-state index contributed by atoms with van der Waals surface area (Å²) in [6, 6.07) is 0. The number of aliphatic carboxylic acids is 1. The maximum Gasteiger partial charge on any atom is 0.303 e. The molecule has 1 fully saturated rings. The number of carbonyl (C=O) groups excluding carboxylic acids is 1. The van der Waals surface area contributed by atoms with Crippen molar-refractivity contribution in [1.82, 2.24) is 4.90 Å². The number of carboxylic acid groups (broad SMARTS) is 1. The van der Waals surface area contributed by atoms with Gasteiger partial charge in [-0.05, 0) is 25.2 Å². The molecule has 4 nitrogen and oxygen atoms in total. The van der Waals surface area contributed by atoms with Crippen LogP contribution in [0.4, 0.5) is 0 Å². The topological polar surface area (TPSA) is 57.6 Å². The summed E-state index contributed by atoms with van der Waals surface area (Å²) in [5.41, 5.74) is 0. The monoisotopic (exact) mass is 297 g/mol. The molecule has 0 aromatic rings. The second-order valence-electron chi connectivity index (χ2n) is 6.30. The molecule has 1 rings (SSSR count). The Bertz CT molecular complexity index is 317. The van der Waals surface area contributed by atoms with Crippen molar-refractivity contribution in [2.24, 2.45) is 5.92 Å². The van der Waals surface area contributed by atoms with Crippen LogP contribution in [0.15, 0.2) is 0 Å². The van der Waals surface area contributed by atoms with Crippen molar-refractivity contribution in [2.75, 3.05) is 13.1 Å². The SMILES string of the molecule is CCCCCCCCCC(=O)N1CCC(CCC(=O)O)C1. The largest absolute Gasteiger partial charge is 0.481 e. The Labute approximate surface area is 128 Å². The van der Waals surface area contributed by atoms with Crippen molar-refractivity contribution in [1.29, 1.82) is 0 Å².